The number of hydrogen-bond donors (Lipinski definition) is 1. The van der Waals surface area contributed by atoms with Crippen molar-refractivity contribution in [1.82, 2.24) is 0 Å². The van der Waals surface area contributed by atoms with Gasteiger partial charge in [0.15, 0.2) is 12.3 Å². The highest BCUT2D eigenvalue weighted by Crippen LogP contribution is 2.55. The summed E-state index contributed by atoms with van der Waals surface area (Å²) in [5.41, 5.74) is 5.10. The van der Waals surface area contributed by atoms with Crippen molar-refractivity contribution in [3.05, 3.63) is 132 Å². The minimum atomic E-state index is -0.883. The molecule has 0 saturated heterocycles. The van der Waals surface area contributed by atoms with Crippen LogP contribution in [0.1, 0.15) is 59.1 Å². The van der Waals surface area contributed by atoms with E-state index in [1.54, 1.807) is 12.2 Å². The molecular weight excluding hydrogens is 700 g/mol. The predicted molar refractivity (Wildman–Crippen MR) is 226 cm³/mol. The number of carbonyl (C=O) groups excluding carboxylic acids is 1. The van der Waals surface area contributed by atoms with E-state index in [9.17, 15) is 14.7 Å². The summed E-state index contributed by atoms with van der Waals surface area (Å²) in [7, 11) is 0. The van der Waals surface area contributed by atoms with Crippen LogP contribution in [-0.2, 0) is 25.2 Å². The number of benzene rings is 6. The summed E-state index contributed by atoms with van der Waals surface area (Å²) in [5.74, 6) is -1.50. The number of anilines is 1. The molecule has 56 heavy (non-hydrogen) atoms. The molecule has 6 aromatic rings. The van der Waals surface area contributed by atoms with E-state index >= 15 is 4.39 Å². The van der Waals surface area contributed by atoms with Gasteiger partial charge in [0.2, 0.25) is 5.69 Å². The van der Waals surface area contributed by atoms with Gasteiger partial charge in [-0.1, -0.05) is 112 Å². The van der Waals surface area contributed by atoms with Crippen molar-refractivity contribution in [2.45, 2.75) is 64.8 Å². The van der Waals surface area contributed by atoms with Crippen molar-refractivity contribution in [3.63, 3.8) is 0 Å². The van der Waals surface area contributed by atoms with Gasteiger partial charge >= 0.3 is 5.97 Å². The number of nitrogens with zero attached hydrogens (tertiary/aromatic N) is 2. The third-order valence-electron chi connectivity index (χ3n) is 12.3. The molecule has 284 valence electrons. The first-order valence-electron chi connectivity index (χ1n) is 19.5. The lowest BCUT2D eigenvalue weighted by Gasteiger charge is -2.38. The first kappa shape index (κ1) is 37.1. The lowest BCUT2D eigenvalue weighted by molar-refractivity contribution is -0.435. The number of aliphatic carboxylic acids is 1. The number of carboxylic acids is 1. The third kappa shape index (κ3) is 5.78. The van der Waals surface area contributed by atoms with Crippen LogP contribution in [0, 0.1) is 5.92 Å². The van der Waals surface area contributed by atoms with Gasteiger partial charge in [-0.3, -0.25) is 9.59 Å². The molecular formula is C49H48FN2O4+. The van der Waals surface area contributed by atoms with E-state index in [1.807, 2.05) is 31.2 Å². The predicted octanol–water partition coefficient (Wildman–Crippen LogP) is 10.9. The second-order valence-corrected chi connectivity index (χ2v) is 16.5. The summed E-state index contributed by atoms with van der Waals surface area (Å²) in [6.07, 6.45) is 3.28. The van der Waals surface area contributed by atoms with Gasteiger partial charge in [0.05, 0.1) is 17.3 Å². The number of ether oxygens (including phenoxy) is 1. The molecule has 0 amide bonds. The van der Waals surface area contributed by atoms with Gasteiger partial charge in [-0.05, 0) is 82.8 Å². The van der Waals surface area contributed by atoms with Gasteiger partial charge in [-0.15, -0.1) is 0 Å². The fourth-order valence-corrected chi connectivity index (χ4v) is 10.5. The molecule has 0 aliphatic carbocycles. The minimum Gasteiger partial charge on any atom is -0.481 e. The number of rotatable bonds is 11. The van der Waals surface area contributed by atoms with Gasteiger partial charge < -0.3 is 14.7 Å². The van der Waals surface area contributed by atoms with E-state index in [4.69, 9.17) is 4.74 Å². The first-order valence-corrected chi connectivity index (χ1v) is 19.5. The largest absolute Gasteiger partial charge is 0.481 e. The minimum absolute atomic E-state index is 0.0624. The molecule has 0 fully saturated rings. The van der Waals surface area contributed by atoms with E-state index < -0.39 is 16.8 Å². The van der Waals surface area contributed by atoms with Crippen LogP contribution in [0.3, 0.4) is 0 Å². The topological polar surface area (TPSA) is 69.8 Å². The number of hydrogen-bond acceptors (Lipinski definition) is 4. The molecule has 0 bridgehead atoms. The Morgan fingerprint density at radius 2 is 1.32 bits per heavy atom. The number of fused-ring (bicyclic) bond motifs is 12. The van der Waals surface area contributed by atoms with Crippen molar-refractivity contribution >= 4 is 72.6 Å². The molecule has 2 heterocycles. The lowest BCUT2D eigenvalue weighted by Crippen LogP contribution is -2.47. The maximum atomic E-state index is 16.8. The van der Waals surface area contributed by atoms with Crippen LogP contribution in [0.4, 0.5) is 15.8 Å². The average molecular weight is 748 g/mol. The normalized spacial score (nSPS) is 18.2. The quantitative estimate of drug-likeness (QED) is 0.0470. The van der Waals surface area contributed by atoms with E-state index in [-0.39, 0.29) is 37.4 Å². The average Bonchev–Trinajstić information content (AvgIpc) is 3.57. The fourth-order valence-electron chi connectivity index (χ4n) is 10.5. The highest BCUT2D eigenvalue weighted by Gasteiger charge is 2.50. The second kappa shape index (κ2) is 14.0. The van der Waals surface area contributed by atoms with Gasteiger partial charge in [-0.25, -0.2) is 4.39 Å². The number of carboxylic acid groups (broad SMARTS) is 1. The molecule has 6 aromatic carbocycles. The summed E-state index contributed by atoms with van der Waals surface area (Å²) in [4.78, 5) is 25.7. The monoisotopic (exact) mass is 747 g/mol. The molecule has 2 unspecified atom stereocenters. The van der Waals surface area contributed by atoms with Crippen molar-refractivity contribution in [3.8, 4) is 0 Å². The molecule has 0 aromatic heterocycles. The molecule has 1 N–H and O–H groups in total. The Balaban J connectivity index is 1.25. The van der Waals surface area contributed by atoms with Crippen LogP contribution in [0.5, 0.6) is 0 Å². The molecule has 2 aliphatic rings. The molecule has 2 aliphatic heterocycles. The second-order valence-electron chi connectivity index (χ2n) is 16.5. The smallest absolute Gasteiger partial charge is 0.309 e. The maximum absolute atomic E-state index is 16.8. The van der Waals surface area contributed by atoms with Gasteiger partial charge in [0.25, 0.3) is 6.47 Å². The summed E-state index contributed by atoms with van der Waals surface area (Å²) >= 11 is 0. The summed E-state index contributed by atoms with van der Waals surface area (Å²) in [6.45, 7) is 14.2. The molecule has 0 saturated carbocycles. The zero-order valence-corrected chi connectivity index (χ0v) is 32.9. The fraction of sp³-hybridized carbons (Fsp3) is 0.286. The van der Waals surface area contributed by atoms with Crippen LogP contribution in [0.2, 0.25) is 0 Å². The number of halogens is 1. The zero-order valence-electron chi connectivity index (χ0n) is 32.9. The standard InChI is InChI=1S/C49H47FN2O4/c1-30(46-48(3,4)42-37-19-11-7-15-33(37)35-17-9-13-21-39(35)44(42)51(46)24-23-41(54)55)27-32(50)28-31(2)47-49(5,6)43-38-20-12-8-16-34(38)36-18-10-14-22-40(36)45(43)52(47)25-26-56-29-53/h7-22,27-29,31,47H,23-26H2,1-6H3/p+1/b30-27+,32-28-. The molecule has 6 nitrogen and oxygen atoms in total. The molecule has 0 radical (unpaired) electrons. The van der Waals surface area contributed by atoms with Gasteiger partial charge in [0, 0.05) is 33.7 Å². The number of carbonyl (C=O) groups is 2. The maximum Gasteiger partial charge on any atom is 0.309 e. The summed E-state index contributed by atoms with van der Waals surface area (Å²) in [6, 6.07) is 33.4. The van der Waals surface area contributed by atoms with Crippen molar-refractivity contribution in [2.24, 2.45) is 5.92 Å². The van der Waals surface area contributed by atoms with E-state index in [0.717, 1.165) is 60.5 Å². The van der Waals surface area contributed by atoms with E-state index in [1.165, 1.54) is 16.3 Å². The lowest BCUT2D eigenvalue weighted by atomic mass is 9.73. The summed E-state index contributed by atoms with van der Waals surface area (Å²) in [5, 5.41) is 18.9. The zero-order chi connectivity index (χ0) is 39.5. The van der Waals surface area contributed by atoms with Gasteiger partial charge in [-0.2, -0.15) is 4.58 Å². The third-order valence-corrected chi connectivity index (χ3v) is 12.3. The Hall–Kier alpha value is -5.82. The van der Waals surface area contributed by atoms with Crippen LogP contribution >= 0.6 is 0 Å². The van der Waals surface area contributed by atoms with E-state index in [0.29, 0.717) is 13.0 Å². The highest BCUT2D eigenvalue weighted by molar-refractivity contribution is 6.20. The van der Waals surface area contributed by atoms with Crippen molar-refractivity contribution < 1.29 is 28.4 Å². The first-order chi connectivity index (χ1) is 26.9. The van der Waals surface area contributed by atoms with Crippen LogP contribution in [-0.4, -0.2) is 53.6 Å². The van der Waals surface area contributed by atoms with E-state index in [2.05, 4.69) is 117 Å². The Kier molecular flexibility index (Phi) is 9.31. The van der Waals surface area contributed by atoms with Crippen molar-refractivity contribution in [1.29, 1.82) is 0 Å². The van der Waals surface area contributed by atoms with Crippen molar-refractivity contribution in [2.75, 3.05) is 24.6 Å². The Bertz CT molecular complexity index is 2690. The molecule has 2 atom stereocenters. The Labute approximate surface area is 327 Å². The highest BCUT2D eigenvalue weighted by atomic mass is 19.1. The molecule has 8 rings (SSSR count). The SMILES string of the molecule is C/C(=C\C(F)=C\C(C)C1N(CCOC=O)c2c(c3ccccc3c3ccccc23)C1(C)C)C1=[N+](CCC(=O)O)c2c(c3ccccc3c3ccccc23)C1(C)C. The summed E-state index contributed by atoms with van der Waals surface area (Å²) < 4.78 is 24.2. The van der Waals surface area contributed by atoms with Crippen LogP contribution in [0.15, 0.2) is 121 Å². The van der Waals surface area contributed by atoms with Crippen LogP contribution < -0.4 is 4.90 Å². The Morgan fingerprint density at radius 3 is 1.89 bits per heavy atom. The molecule has 7 heteroatoms. The molecule has 0 spiro atoms. The number of allylic oxidation sites excluding steroid dienone is 3. The van der Waals surface area contributed by atoms with Gasteiger partial charge in [0.1, 0.15) is 18.9 Å². The van der Waals surface area contributed by atoms with Crippen LogP contribution in [0.25, 0.3) is 43.1 Å². The Morgan fingerprint density at radius 1 is 0.821 bits per heavy atom.